The number of aromatic nitrogens is 2. The summed E-state index contributed by atoms with van der Waals surface area (Å²) in [6.45, 7) is 0. The lowest BCUT2D eigenvalue weighted by Gasteiger charge is -2.11. The highest BCUT2D eigenvalue weighted by atomic mass is 16.5. The minimum Gasteiger partial charge on any atom is -0.435 e. The number of fused-ring (bicyclic) bond motifs is 1. The molecule has 0 fully saturated rings. The second-order valence-electron chi connectivity index (χ2n) is 5.92. The third-order valence-corrected chi connectivity index (χ3v) is 4.18. The van der Waals surface area contributed by atoms with Crippen molar-refractivity contribution in [3.8, 4) is 0 Å². The normalized spacial score (nSPS) is 12.0. The third kappa shape index (κ3) is 3.43. The van der Waals surface area contributed by atoms with Gasteiger partial charge in [-0.05, 0) is 29.8 Å². The molecule has 1 atom stereocenters. The zero-order valence-corrected chi connectivity index (χ0v) is 14.6. The van der Waals surface area contributed by atoms with Crippen LogP contribution in [0, 0.1) is 0 Å². The van der Waals surface area contributed by atoms with Crippen molar-refractivity contribution in [3.05, 3.63) is 90.1 Å². The number of methoxy groups -OCH3 is 1. The molecule has 2 aromatic carbocycles. The SMILES string of the molecule is COC(c1ccccc1)c1nc2cccc(NC(=O)c3ccncc3)c2o1. The van der Waals surface area contributed by atoms with Gasteiger partial charge in [-0.15, -0.1) is 0 Å². The molecule has 1 N–H and O–H groups in total. The van der Waals surface area contributed by atoms with Gasteiger partial charge >= 0.3 is 0 Å². The molecule has 6 heteroatoms. The van der Waals surface area contributed by atoms with E-state index in [0.717, 1.165) is 5.56 Å². The average Bonchev–Trinajstić information content (AvgIpc) is 3.15. The summed E-state index contributed by atoms with van der Waals surface area (Å²) in [5.74, 6) is 0.193. The Labute approximate surface area is 155 Å². The minimum absolute atomic E-state index is 0.241. The zero-order chi connectivity index (χ0) is 18.6. The number of para-hydroxylation sites is 1. The van der Waals surface area contributed by atoms with Crippen LogP contribution >= 0.6 is 0 Å². The summed E-state index contributed by atoms with van der Waals surface area (Å²) in [5.41, 5.74) is 3.16. The molecule has 0 spiro atoms. The van der Waals surface area contributed by atoms with Crippen molar-refractivity contribution < 1.29 is 13.9 Å². The minimum atomic E-state index is -0.428. The first-order chi connectivity index (χ1) is 13.3. The average molecular weight is 359 g/mol. The second-order valence-corrected chi connectivity index (χ2v) is 5.92. The van der Waals surface area contributed by atoms with Crippen LogP contribution in [-0.4, -0.2) is 23.0 Å². The van der Waals surface area contributed by atoms with Crippen LogP contribution in [0.15, 0.2) is 77.5 Å². The van der Waals surface area contributed by atoms with Crippen LogP contribution in [0.4, 0.5) is 5.69 Å². The molecule has 0 radical (unpaired) electrons. The van der Waals surface area contributed by atoms with E-state index < -0.39 is 6.10 Å². The quantitative estimate of drug-likeness (QED) is 0.577. The molecule has 0 saturated carbocycles. The van der Waals surface area contributed by atoms with Crippen molar-refractivity contribution in [2.24, 2.45) is 0 Å². The topological polar surface area (TPSA) is 77.2 Å². The van der Waals surface area contributed by atoms with Gasteiger partial charge in [0.1, 0.15) is 5.52 Å². The first-order valence-corrected chi connectivity index (χ1v) is 8.45. The molecular formula is C21H17N3O3. The van der Waals surface area contributed by atoms with Gasteiger partial charge in [0.15, 0.2) is 11.7 Å². The molecule has 27 heavy (non-hydrogen) atoms. The highest BCUT2D eigenvalue weighted by molar-refractivity contribution is 6.07. The van der Waals surface area contributed by atoms with E-state index in [0.29, 0.717) is 28.2 Å². The van der Waals surface area contributed by atoms with Crippen LogP contribution in [-0.2, 0) is 4.74 Å². The highest BCUT2D eigenvalue weighted by Gasteiger charge is 2.21. The number of nitrogens with one attached hydrogen (secondary N) is 1. The lowest BCUT2D eigenvalue weighted by atomic mass is 10.1. The van der Waals surface area contributed by atoms with Crippen LogP contribution in [0.2, 0.25) is 0 Å². The van der Waals surface area contributed by atoms with E-state index in [1.807, 2.05) is 42.5 Å². The molecular weight excluding hydrogens is 342 g/mol. The largest absolute Gasteiger partial charge is 0.435 e. The number of hydrogen-bond donors (Lipinski definition) is 1. The van der Waals surface area contributed by atoms with Gasteiger partial charge in [-0.3, -0.25) is 9.78 Å². The van der Waals surface area contributed by atoms with E-state index in [1.165, 1.54) is 0 Å². The number of amides is 1. The van der Waals surface area contributed by atoms with Crippen molar-refractivity contribution in [1.82, 2.24) is 9.97 Å². The van der Waals surface area contributed by atoms with Gasteiger partial charge in [0.05, 0.1) is 5.69 Å². The Morgan fingerprint density at radius 1 is 1.04 bits per heavy atom. The van der Waals surface area contributed by atoms with E-state index in [-0.39, 0.29) is 5.91 Å². The standard InChI is InChI=1S/C21H17N3O3/c1-26-18(14-6-3-2-4-7-14)21-24-17-9-5-8-16(19(17)27-21)23-20(25)15-10-12-22-13-11-15/h2-13,18H,1H3,(H,23,25). The third-order valence-electron chi connectivity index (χ3n) is 4.18. The zero-order valence-electron chi connectivity index (χ0n) is 14.6. The Morgan fingerprint density at radius 3 is 2.56 bits per heavy atom. The molecule has 1 unspecified atom stereocenters. The molecule has 2 heterocycles. The summed E-state index contributed by atoms with van der Waals surface area (Å²) in [7, 11) is 1.61. The van der Waals surface area contributed by atoms with Crippen LogP contribution in [0.5, 0.6) is 0 Å². The number of pyridine rings is 1. The number of hydrogen-bond acceptors (Lipinski definition) is 5. The van der Waals surface area contributed by atoms with Gasteiger partial charge in [-0.25, -0.2) is 4.98 Å². The van der Waals surface area contributed by atoms with E-state index in [9.17, 15) is 4.79 Å². The number of carbonyl (C=O) groups is 1. The van der Waals surface area contributed by atoms with Crippen molar-refractivity contribution in [1.29, 1.82) is 0 Å². The Bertz CT molecular complexity index is 1060. The lowest BCUT2D eigenvalue weighted by Crippen LogP contribution is -2.11. The molecule has 0 aliphatic rings. The molecule has 0 aliphatic carbocycles. The monoisotopic (exact) mass is 359 g/mol. The maximum Gasteiger partial charge on any atom is 0.255 e. The van der Waals surface area contributed by atoms with E-state index >= 15 is 0 Å². The number of ether oxygens (including phenoxy) is 1. The second kappa shape index (κ2) is 7.39. The van der Waals surface area contributed by atoms with Crippen molar-refractivity contribution in [2.75, 3.05) is 12.4 Å². The van der Waals surface area contributed by atoms with Crippen LogP contribution in [0.25, 0.3) is 11.1 Å². The number of oxazole rings is 1. The predicted octanol–water partition coefficient (Wildman–Crippen LogP) is 4.21. The van der Waals surface area contributed by atoms with Gasteiger partial charge in [0, 0.05) is 25.1 Å². The molecule has 0 saturated heterocycles. The van der Waals surface area contributed by atoms with Crippen LogP contribution in [0.3, 0.4) is 0 Å². The first-order valence-electron chi connectivity index (χ1n) is 8.45. The van der Waals surface area contributed by atoms with Crippen molar-refractivity contribution >= 4 is 22.7 Å². The smallest absolute Gasteiger partial charge is 0.255 e. The van der Waals surface area contributed by atoms with Crippen molar-refractivity contribution in [3.63, 3.8) is 0 Å². The molecule has 134 valence electrons. The summed E-state index contributed by atoms with van der Waals surface area (Å²) in [4.78, 5) is 20.9. The fourth-order valence-corrected chi connectivity index (χ4v) is 2.88. The molecule has 4 aromatic rings. The van der Waals surface area contributed by atoms with Gasteiger partial charge in [-0.1, -0.05) is 36.4 Å². The number of benzene rings is 2. The van der Waals surface area contributed by atoms with E-state index in [2.05, 4.69) is 15.3 Å². The number of nitrogens with zero attached hydrogens (tertiary/aromatic N) is 2. The maximum atomic E-state index is 12.5. The summed E-state index contributed by atoms with van der Waals surface area (Å²) < 4.78 is 11.6. The molecule has 0 aliphatic heterocycles. The Morgan fingerprint density at radius 2 is 1.81 bits per heavy atom. The Hall–Kier alpha value is -3.51. The number of rotatable bonds is 5. The van der Waals surface area contributed by atoms with Gasteiger partial charge in [-0.2, -0.15) is 0 Å². The Kier molecular flexibility index (Phi) is 4.63. The van der Waals surface area contributed by atoms with Gasteiger partial charge in [0.25, 0.3) is 5.91 Å². The van der Waals surface area contributed by atoms with E-state index in [1.54, 1.807) is 37.7 Å². The Balaban J connectivity index is 1.69. The van der Waals surface area contributed by atoms with Crippen molar-refractivity contribution in [2.45, 2.75) is 6.10 Å². The van der Waals surface area contributed by atoms with Crippen LogP contribution < -0.4 is 5.32 Å². The van der Waals surface area contributed by atoms with E-state index in [4.69, 9.17) is 9.15 Å². The predicted molar refractivity (Wildman–Crippen MR) is 101 cm³/mol. The summed E-state index contributed by atoms with van der Waals surface area (Å²) in [6, 6.07) is 18.5. The highest BCUT2D eigenvalue weighted by Crippen LogP contribution is 2.31. The molecule has 0 bridgehead atoms. The van der Waals surface area contributed by atoms with Gasteiger partial charge in [0.2, 0.25) is 5.89 Å². The fourth-order valence-electron chi connectivity index (χ4n) is 2.88. The van der Waals surface area contributed by atoms with Gasteiger partial charge < -0.3 is 14.5 Å². The number of carbonyl (C=O) groups excluding carboxylic acids is 1. The first kappa shape index (κ1) is 16.9. The lowest BCUT2D eigenvalue weighted by molar-refractivity contribution is 0.102. The number of anilines is 1. The summed E-state index contributed by atoms with van der Waals surface area (Å²) >= 11 is 0. The summed E-state index contributed by atoms with van der Waals surface area (Å²) in [5, 5.41) is 2.87. The summed E-state index contributed by atoms with van der Waals surface area (Å²) in [6.07, 6.45) is 2.72. The maximum absolute atomic E-state index is 12.5. The molecule has 2 aromatic heterocycles. The fraction of sp³-hybridized carbons (Fsp3) is 0.0952. The molecule has 1 amide bonds. The van der Waals surface area contributed by atoms with Crippen LogP contribution in [0.1, 0.15) is 27.9 Å². The molecule has 4 rings (SSSR count). The molecule has 6 nitrogen and oxygen atoms in total.